The molecular weight excluding hydrogens is 450 g/mol. The van der Waals surface area contributed by atoms with Gasteiger partial charge in [0.25, 0.3) is 5.09 Å². The van der Waals surface area contributed by atoms with Crippen LogP contribution in [0, 0.1) is 10.1 Å². The second-order valence-electron chi connectivity index (χ2n) is 6.88. The van der Waals surface area contributed by atoms with Gasteiger partial charge >= 0.3 is 0 Å². The van der Waals surface area contributed by atoms with E-state index in [1.807, 2.05) is 0 Å². The molecule has 0 aromatic carbocycles. The number of aliphatic hydroxyl groups is 10. The Morgan fingerprint density at radius 2 is 1.44 bits per heavy atom. The minimum atomic E-state index is -1.74. The van der Waals surface area contributed by atoms with E-state index in [-0.39, 0.29) is 0 Å². The molecule has 0 bridgehead atoms. The van der Waals surface area contributed by atoms with Gasteiger partial charge in [-0.1, -0.05) is 0 Å². The lowest BCUT2D eigenvalue weighted by molar-refractivity contribution is -0.759. The fourth-order valence-electron chi connectivity index (χ4n) is 2.77. The maximum atomic E-state index is 9.94. The van der Waals surface area contributed by atoms with Gasteiger partial charge in [-0.05, 0) is 0 Å². The molecule has 2 aliphatic rings. The van der Waals surface area contributed by atoms with Gasteiger partial charge in [-0.25, -0.2) is 0 Å². The van der Waals surface area contributed by atoms with E-state index in [4.69, 9.17) is 29.5 Å². The Balaban J connectivity index is 0.000000482. The van der Waals surface area contributed by atoms with Crippen molar-refractivity contribution in [2.45, 2.75) is 67.5 Å². The molecule has 17 heteroatoms. The fourth-order valence-corrected chi connectivity index (χ4v) is 2.77. The van der Waals surface area contributed by atoms with Crippen LogP contribution in [0.5, 0.6) is 0 Å². The quantitative estimate of drug-likeness (QED) is 0.114. The molecule has 2 fully saturated rings. The van der Waals surface area contributed by atoms with Crippen molar-refractivity contribution in [1.82, 2.24) is 0 Å². The summed E-state index contributed by atoms with van der Waals surface area (Å²) in [5, 5.41) is 101. The van der Waals surface area contributed by atoms with Gasteiger partial charge in [0.05, 0.1) is 19.8 Å². The molecule has 0 amide bonds. The molecule has 2 aliphatic heterocycles. The average Bonchev–Trinajstić information content (AvgIpc) is 2.77. The van der Waals surface area contributed by atoms with Crippen LogP contribution >= 0.6 is 0 Å². The first-order chi connectivity index (χ1) is 15.0. The molecule has 0 radical (unpaired) electrons. The topological polar surface area (TPSA) is 282 Å². The van der Waals surface area contributed by atoms with Gasteiger partial charge in [-0.3, -0.25) is 0 Å². The lowest BCUT2D eigenvalue weighted by Crippen LogP contribution is -2.64. The van der Waals surface area contributed by atoms with Crippen molar-refractivity contribution in [2.24, 2.45) is 0 Å². The molecule has 2 heterocycles. The van der Waals surface area contributed by atoms with Gasteiger partial charge in [0.1, 0.15) is 61.5 Å². The molecule has 0 spiro atoms. The largest absolute Gasteiger partial charge is 0.394 e. The summed E-state index contributed by atoms with van der Waals surface area (Å²) in [6, 6.07) is 0. The van der Waals surface area contributed by atoms with Crippen molar-refractivity contribution in [2.75, 3.05) is 26.4 Å². The van der Waals surface area contributed by atoms with Crippen LogP contribution in [0.2, 0.25) is 0 Å². The molecule has 17 nitrogen and oxygen atoms in total. The number of ether oxygens (including phenoxy) is 3. The highest BCUT2D eigenvalue weighted by Gasteiger charge is 2.50. The van der Waals surface area contributed by atoms with E-state index < -0.39 is 99.0 Å². The van der Waals surface area contributed by atoms with Crippen LogP contribution in [0.15, 0.2) is 0 Å². The van der Waals surface area contributed by atoms with E-state index >= 15 is 0 Å². The Labute approximate surface area is 180 Å². The van der Waals surface area contributed by atoms with Crippen molar-refractivity contribution in [3.8, 4) is 0 Å². The Hall–Kier alpha value is -1.32. The number of nitrogens with zero attached hydrogens (tertiary/aromatic N) is 1. The van der Waals surface area contributed by atoms with Gasteiger partial charge < -0.3 is 70.1 Å². The van der Waals surface area contributed by atoms with E-state index in [9.17, 15) is 45.9 Å². The first-order valence-electron chi connectivity index (χ1n) is 9.31. The predicted octanol–water partition coefficient (Wildman–Crippen LogP) is -6.85. The van der Waals surface area contributed by atoms with Crippen molar-refractivity contribution < 1.29 is 75.2 Å². The molecule has 0 aromatic rings. The van der Waals surface area contributed by atoms with Crippen LogP contribution < -0.4 is 0 Å². The lowest BCUT2D eigenvalue weighted by atomic mass is 9.97. The second kappa shape index (κ2) is 13.4. The Kier molecular flexibility index (Phi) is 12.0. The summed E-state index contributed by atoms with van der Waals surface area (Å²) in [7, 11) is 0. The molecule has 190 valence electrons. The third kappa shape index (κ3) is 7.63. The minimum Gasteiger partial charge on any atom is -0.394 e. The average molecular weight is 479 g/mol. The predicted molar refractivity (Wildman–Crippen MR) is 94.7 cm³/mol. The van der Waals surface area contributed by atoms with Crippen LogP contribution in [-0.2, 0) is 19.0 Å². The zero-order valence-electron chi connectivity index (χ0n) is 16.5. The van der Waals surface area contributed by atoms with Crippen LogP contribution in [0.25, 0.3) is 0 Å². The van der Waals surface area contributed by atoms with Gasteiger partial charge in [-0.15, -0.1) is 10.1 Å². The van der Waals surface area contributed by atoms with E-state index in [0.717, 1.165) is 0 Å². The van der Waals surface area contributed by atoms with Crippen LogP contribution in [0.1, 0.15) is 0 Å². The van der Waals surface area contributed by atoms with Gasteiger partial charge in [0.2, 0.25) is 0 Å². The van der Waals surface area contributed by atoms with Crippen molar-refractivity contribution in [3.63, 3.8) is 0 Å². The van der Waals surface area contributed by atoms with Crippen molar-refractivity contribution in [3.05, 3.63) is 10.1 Å². The Morgan fingerprint density at radius 1 is 0.844 bits per heavy atom. The molecule has 11 atom stereocenters. The van der Waals surface area contributed by atoms with Gasteiger partial charge in [0, 0.05) is 0 Å². The Morgan fingerprint density at radius 3 is 1.94 bits per heavy atom. The smallest absolute Gasteiger partial charge is 0.294 e. The molecule has 0 aliphatic carbocycles. The summed E-state index contributed by atoms with van der Waals surface area (Å²) in [5.74, 6) is 0. The number of hydrogen-bond acceptors (Lipinski definition) is 16. The van der Waals surface area contributed by atoms with E-state index in [1.165, 1.54) is 0 Å². The van der Waals surface area contributed by atoms with Crippen LogP contribution in [-0.4, -0.2) is 150 Å². The summed E-state index contributed by atoms with van der Waals surface area (Å²) in [6.07, 6.45) is -16.7. The summed E-state index contributed by atoms with van der Waals surface area (Å²) in [6.45, 7) is -2.36. The third-order valence-electron chi connectivity index (χ3n) is 4.56. The van der Waals surface area contributed by atoms with Crippen LogP contribution in [0.4, 0.5) is 0 Å². The summed E-state index contributed by atoms with van der Waals surface area (Å²) < 4.78 is 15.3. The second-order valence-corrected chi connectivity index (χ2v) is 6.88. The van der Waals surface area contributed by atoms with E-state index in [0.29, 0.717) is 0 Å². The zero-order chi connectivity index (χ0) is 24.6. The molecule has 0 saturated carbocycles. The normalized spacial score (nSPS) is 40.7. The molecule has 10 N–H and O–H groups in total. The molecule has 2 rings (SSSR count). The number of hydrogen-bond donors (Lipinski definition) is 10. The highest BCUT2D eigenvalue weighted by Crippen LogP contribution is 2.28. The maximum absolute atomic E-state index is 9.94. The maximum Gasteiger partial charge on any atom is 0.294 e. The SMILES string of the molecule is O=[N+]([O-])OCC(O)CO.OC[C@H]1O[C@@H](O[C@H]2[C@H](O)[C@@H](O)C(O)O[C@@H]2CO)[C@H](O)[C@@H](O)[C@H]1O. The Bertz CT molecular complexity index is 552. The van der Waals surface area contributed by atoms with Crippen molar-refractivity contribution in [1.29, 1.82) is 0 Å². The highest BCUT2D eigenvalue weighted by atomic mass is 17.0. The highest BCUT2D eigenvalue weighted by molar-refractivity contribution is 4.93. The molecular formula is C15H29NO16. The van der Waals surface area contributed by atoms with Gasteiger partial charge in [-0.2, -0.15) is 0 Å². The fraction of sp³-hybridized carbons (Fsp3) is 1.00. The first kappa shape index (κ1) is 28.7. The summed E-state index contributed by atoms with van der Waals surface area (Å²) >= 11 is 0. The minimum absolute atomic E-state index is 0.483. The van der Waals surface area contributed by atoms with E-state index in [1.54, 1.807) is 0 Å². The molecule has 32 heavy (non-hydrogen) atoms. The lowest BCUT2D eigenvalue weighted by Gasteiger charge is -2.45. The molecule has 2 unspecified atom stereocenters. The molecule has 2 saturated heterocycles. The summed E-state index contributed by atoms with van der Waals surface area (Å²) in [5.41, 5.74) is 0. The van der Waals surface area contributed by atoms with Crippen LogP contribution in [0.3, 0.4) is 0 Å². The first-order valence-corrected chi connectivity index (χ1v) is 9.31. The van der Waals surface area contributed by atoms with E-state index in [2.05, 4.69) is 4.84 Å². The number of aliphatic hydroxyl groups excluding tert-OH is 10. The monoisotopic (exact) mass is 479 g/mol. The van der Waals surface area contributed by atoms with Crippen molar-refractivity contribution >= 4 is 0 Å². The van der Waals surface area contributed by atoms with Gasteiger partial charge in [0.15, 0.2) is 12.6 Å². The zero-order valence-corrected chi connectivity index (χ0v) is 16.5. The standard InChI is InChI=1S/C12H22O11.C3H7NO5/c13-1-3-5(15)6(16)9(19)12(22-3)23-10-4(2-14)21-11(20)8(18)7(10)17;5-1-3(6)2-9-4(7)8/h3-20H,1-2H2;3,5-6H,1-2H2/t3-,4-,5+,6+,7-,8-,9-,10-,11?,12+;/m1./s1. The molecule has 0 aromatic heterocycles. The third-order valence-corrected chi connectivity index (χ3v) is 4.56. The number of rotatable bonds is 8. The summed E-state index contributed by atoms with van der Waals surface area (Å²) in [4.78, 5) is 13.1.